The molecule has 126 valence electrons. The number of likely N-dealkylation sites (tertiary alicyclic amines) is 1. The number of esters is 1. The predicted octanol–water partition coefficient (Wildman–Crippen LogP) is 1.04. The molecule has 22 heavy (non-hydrogen) atoms. The molecular formula is C16H28N2O4. The molecule has 1 saturated carbocycles. The highest BCUT2D eigenvalue weighted by Crippen LogP contribution is 2.24. The SMILES string of the molecule is COC(=O)[C@@H]1C[C@@H](OC)CN1CC(=O)N(C)C1CCCCC1. The maximum absolute atomic E-state index is 12.5. The smallest absolute Gasteiger partial charge is 0.323 e. The summed E-state index contributed by atoms with van der Waals surface area (Å²) in [6, 6.07) is -0.0303. The van der Waals surface area contributed by atoms with Crippen molar-refractivity contribution >= 4 is 11.9 Å². The highest BCUT2D eigenvalue weighted by Gasteiger charge is 2.39. The molecule has 0 bridgehead atoms. The van der Waals surface area contributed by atoms with Crippen molar-refractivity contribution in [3.05, 3.63) is 0 Å². The highest BCUT2D eigenvalue weighted by atomic mass is 16.5. The predicted molar refractivity (Wildman–Crippen MR) is 82.4 cm³/mol. The van der Waals surface area contributed by atoms with Gasteiger partial charge in [-0.25, -0.2) is 0 Å². The van der Waals surface area contributed by atoms with Crippen molar-refractivity contribution in [1.82, 2.24) is 9.80 Å². The van der Waals surface area contributed by atoms with Crippen molar-refractivity contribution in [2.75, 3.05) is 34.4 Å². The first-order valence-electron chi connectivity index (χ1n) is 8.17. The summed E-state index contributed by atoms with van der Waals surface area (Å²) < 4.78 is 10.2. The third-order valence-electron chi connectivity index (χ3n) is 5.03. The van der Waals surface area contributed by atoms with Crippen LogP contribution in [0.5, 0.6) is 0 Å². The fourth-order valence-electron chi connectivity index (χ4n) is 3.55. The van der Waals surface area contributed by atoms with Gasteiger partial charge in [0.15, 0.2) is 0 Å². The largest absolute Gasteiger partial charge is 0.468 e. The van der Waals surface area contributed by atoms with E-state index in [4.69, 9.17) is 9.47 Å². The van der Waals surface area contributed by atoms with Gasteiger partial charge in [-0.3, -0.25) is 14.5 Å². The quantitative estimate of drug-likeness (QED) is 0.710. The van der Waals surface area contributed by atoms with Crippen LogP contribution in [0.1, 0.15) is 38.5 Å². The van der Waals surface area contributed by atoms with Crippen LogP contribution >= 0.6 is 0 Å². The third-order valence-corrected chi connectivity index (χ3v) is 5.03. The summed E-state index contributed by atoms with van der Waals surface area (Å²) in [6.07, 6.45) is 6.41. The van der Waals surface area contributed by atoms with Crippen molar-refractivity contribution in [3.8, 4) is 0 Å². The van der Waals surface area contributed by atoms with Gasteiger partial charge in [-0.05, 0) is 12.8 Å². The Labute approximate surface area is 132 Å². The number of hydrogen-bond donors (Lipinski definition) is 0. The lowest BCUT2D eigenvalue weighted by molar-refractivity contribution is -0.147. The molecule has 2 aliphatic rings. The van der Waals surface area contributed by atoms with Crippen molar-refractivity contribution < 1.29 is 19.1 Å². The molecule has 0 N–H and O–H groups in total. The molecule has 0 aromatic carbocycles. The van der Waals surface area contributed by atoms with Crippen LogP contribution in [-0.2, 0) is 19.1 Å². The molecule has 1 aliphatic carbocycles. The third kappa shape index (κ3) is 3.98. The average Bonchev–Trinajstić information content (AvgIpc) is 2.97. The zero-order chi connectivity index (χ0) is 16.1. The minimum atomic E-state index is -0.376. The Balaban J connectivity index is 1.94. The van der Waals surface area contributed by atoms with Crippen LogP contribution in [-0.4, -0.2) is 74.2 Å². The van der Waals surface area contributed by atoms with Gasteiger partial charge < -0.3 is 14.4 Å². The van der Waals surface area contributed by atoms with Crippen LogP contribution < -0.4 is 0 Å². The Morgan fingerprint density at radius 1 is 1.18 bits per heavy atom. The fourth-order valence-corrected chi connectivity index (χ4v) is 3.55. The summed E-state index contributed by atoms with van der Waals surface area (Å²) in [5.41, 5.74) is 0. The van der Waals surface area contributed by atoms with Gasteiger partial charge in [0, 0.05) is 33.2 Å². The van der Waals surface area contributed by atoms with Gasteiger partial charge in [-0.1, -0.05) is 19.3 Å². The highest BCUT2D eigenvalue weighted by molar-refractivity contribution is 5.81. The van der Waals surface area contributed by atoms with Crippen molar-refractivity contribution in [2.24, 2.45) is 0 Å². The van der Waals surface area contributed by atoms with Gasteiger partial charge in [0.1, 0.15) is 6.04 Å². The second-order valence-corrected chi connectivity index (χ2v) is 6.36. The maximum Gasteiger partial charge on any atom is 0.323 e. The molecule has 0 unspecified atom stereocenters. The normalized spacial score (nSPS) is 26.9. The Morgan fingerprint density at radius 2 is 1.86 bits per heavy atom. The zero-order valence-electron chi connectivity index (χ0n) is 13.9. The lowest BCUT2D eigenvalue weighted by atomic mass is 9.94. The van der Waals surface area contributed by atoms with Gasteiger partial charge in [0.05, 0.1) is 19.8 Å². The van der Waals surface area contributed by atoms with E-state index in [1.807, 2.05) is 16.8 Å². The first-order chi connectivity index (χ1) is 10.6. The van der Waals surface area contributed by atoms with Gasteiger partial charge in [0.2, 0.25) is 5.91 Å². The van der Waals surface area contributed by atoms with Gasteiger partial charge in [-0.15, -0.1) is 0 Å². The van der Waals surface area contributed by atoms with Crippen molar-refractivity contribution in [2.45, 2.75) is 56.7 Å². The van der Waals surface area contributed by atoms with E-state index in [-0.39, 0.29) is 30.6 Å². The molecule has 0 aromatic heterocycles. The van der Waals surface area contributed by atoms with E-state index in [0.717, 1.165) is 12.8 Å². The van der Waals surface area contributed by atoms with Crippen LogP contribution in [0.15, 0.2) is 0 Å². The van der Waals surface area contributed by atoms with Crippen LogP contribution in [0.3, 0.4) is 0 Å². The summed E-state index contributed by atoms with van der Waals surface area (Å²) >= 11 is 0. The molecule has 2 rings (SSSR count). The minimum Gasteiger partial charge on any atom is -0.468 e. The minimum absolute atomic E-state index is 0.0168. The molecule has 1 saturated heterocycles. The van der Waals surface area contributed by atoms with Crippen LogP contribution in [0.4, 0.5) is 0 Å². The van der Waals surface area contributed by atoms with Crippen LogP contribution in [0.25, 0.3) is 0 Å². The molecular weight excluding hydrogens is 284 g/mol. The van der Waals surface area contributed by atoms with Crippen LogP contribution in [0, 0.1) is 0 Å². The maximum atomic E-state index is 12.5. The number of rotatable bonds is 5. The Morgan fingerprint density at radius 3 is 2.45 bits per heavy atom. The monoisotopic (exact) mass is 312 g/mol. The second kappa shape index (κ2) is 7.92. The molecule has 1 aliphatic heterocycles. The van der Waals surface area contributed by atoms with Gasteiger partial charge in [0.25, 0.3) is 0 Å². The summed E-state index contributed by atoms with van der Waals surface area (Å²) in [4.78, 5) is 28.2. The number of carbonyl (C=O) groups excluding carboxylic acids is 2. The number of likely N-dealkylation sites (N-methyl/N-ethyl adjacent to an activating group) is 1. The van der Waals surface area contributed by atoms with Gasteiger partial charge in [-0.2, -0.15) is 0 Å². The first kappa shape index (κ1) is 17.2. The molecule has 6 heteroatoms. The standard InChI is InChI=1S/C16H28N2O4/c1-17(12-7-5-4-6-8-12)15(19)11-18-10-13(21-2)9-14(18)16(20)22-3/h12-14H,4-11H2,1-3H3/t13-,14+/m1/s1. The van der Waals surface area contributed by atoms with Crippen LogP contribution in [0.2, 0.25) is 0 Å². The molecule has 1 amide bonds. The van der Waals surface area contributed by atoms with Crippen molar-refractivity contribution in [1.29, 1.82) is 0 Å². The molecule has 6 nitrogen and oxygen atoms in total. The summed E-state index contributed by atoms with van der Waals surface area (Å²) in [7, 11) is 4.91. The van der Waals surface area contributed by atoms with E-state index in [0.29, 0.717) is 19.0 Å². The van der Waals surface area contributed by atoms with E-state index >= 15 is 0 Å². The fraction of sp³-hybridized carbons (Fsp3) is 0.875. The Kier molecular flexibility index (Phi) is 6.20. The average molecular weight is 312 g/mol. The summed E-state index contributed by atoms with van der Waals surface area (Å²) in [6.45, 7) is 0.854. The number of amides is 1. The van der Waals surface area contributed by atoms with E-state index in [9.17, 15) is 9.59 Å². The van der Waals surface area contributed by atoms with Crippen molar-refractivity contribution in [3.63, 3.8) is 0 Å². The molecule has 0 aromatic rings. The lowest BCUT2D eigenvalue weighted by Gasteiger charge is -2.33. The molecule has 0 spiro atoms. The molecule has 0 radical (unpaired) electrons. The van der Waals surface area contributed by atoms with E-state index in [1.54, 1.807) is 7.11 Å². The topological polar surface area (TPSA) is 59.1 Å². The Hall–Kier alpha value is -1.14. The number of nitrogens with zero attached hydrogens (tertiary/aromatic N) is 2. The number of carbonyl (C=O) groups is 2. The van der Waals surface area contributed by atoms with Gasteiger partial charge >= 0.3 is 5.97 Å². The summed E-state index contributed by atoms with van der Waals surface area (Å²) in [5, 5.41) is 0. The lowest BCUT2D eigenvalue weighted by Crippen LogP contribution is -2.47. The number of hydrogen-bond acceptors (Lipinski definition) is 5. The number of ether oxygens (including phenoxy) is 2. The Bertz CT molecular complexity index is 396. The first-order valence-corrected chi connectivity index (χ1v) is 8.17. The van der Waals surface area contributed by atoms with E-state index in [2.05, 4.69) is 0 Å². The molecule has 2 fully saturated rings. The number of methoxy groups -OCH3 is 2. The summed E-state index contributed by atoms with van der Waals surface area (Å²) in [5.74, 6) is -0.203. The van der Waals surface area contributed by atoms with E-state index in [1.165, 1.54) is 26.4 Å². The zero-order valence-corrected chi connectivity index (χ0v) is 13.9. The molecule has 2 atom stereocenters. The molecule has 1 heterocycles. The van der Waals surface area contributed by atoms with E-state index < -0.39 is 0 Å². The second-order valence-electron chi connectivity index (χ2n) is 6.36.